The van der Waals surface area contributed by atoms with Gasteiger partial charge in [-0.05, 0) is 56.5 Å². The van der Waals surface area contributed by atoms with Crippen LogP contribution in [0.4, 0.5) is 10.5 Å². The van der Waals surface area contributed by atoms with Gasteiger partial charge in [-0.25, -0.2) is 4.79 Å². The summed E-state index contributed by atoms with van der Waals surface area (Å²) in [5.41, 5.74) is 4.32. The molecule has 1 aliphatic heterocycles. The zero-order valence-corrected chi connectivity index (χ0v) is 17.5. The van der Waals surface area contributed by atoms with Crippen LogP contribution in [0.5, 0.6) is 0 Å². The molecule has 1 aliphatic rings. The third-order valence-electron chi connectivity index (χ3n) is 5.94. The van der Waals surface area contributed by atoms with E-state index >= 15 is 0 Å². The number of amides is 2. The molecule has 0 atom stereocenters. The lowest BCUT2D eigenvalue weighted by molar-refractivity contribution is 0.0640. The molecule has 0 radical (unpaired) electrons. The smallest absolute Gasteiger partial charge is 0.321 e. The van der Waals surface area contributed by atoms with Gasteiger partial charge in [-0.3, -0.25) is 9.88 Å². The van der Waals surface area contributed by atoms with Crippen LogP contribution in [0, 0.1) is 6.92 Å². The highest BCUT2D eigenvalue weighted by atomic mass is 16.2. The van der Waals surface area contributed by atoms with Crippen molar-refractivity contribution in [3.8, 4) is 0 Å². The van der Waals surface area contributed by atoms with E-state index in [4.69, 9.17) is 0 Å². The van der Waals surface area contributed by atoms with Crippen molar-refractivity contribution in [2.24, 2.45) is 0 Å². The number of benzene rings is 1. The van der Waals surface area contributed by atoms with E-state index in [0.717, 1.165) is 61.5 Å². The number of aryl methyl sites for hydroxylation is 1. The van der Waals surface area contributed by atoms with Crippen molar-refractivity contribution in [2.45, 2.75) is 46.1 Å². The maximum Gasteiger partial charge on any atom is 0.321 e. The minimum absolute atomic E-state index is 0.00737. The highest BCUT2D eigenvalue weighted by molar-refractivity contribution is 5.90. The van der Waals surface area contributed by atoms with Gasteiger partial charge in [-0.2, -0.15) is 0 Å². The third kappa shape index (κ3) is 4.90. The Labute approximate surface area is 168 Å². The second kappa shape index (κ2) is 8.74. The number of nitrogens with zero attached hydrogens (tertiary/aromatic N) is 3. The van der Waals surface area contributed by atoms with Crippen LogP contribution >= 0.6 is 0 Å². The molecule has 2 aromatic rings. The zero-order valence-electron chi connectivity index (χ0n) is 17.5. The van der Waals surface area contributed by atoms with Gasteiger partial charge in [0, 0.05) is 55.7 Å². The Kier molecular flexibility index (Phi) is 6.35. The first-order valence-corrected chi connectivity index (χ1v) is 10.2. The second-order valence-corrected chi connectivity index (χ2v) is 8.22. The molecule has 3 rings (SSSR count). The number of carbonyl (C=O) groups excluding carboxylic acids is 1. The fourth-order valence-electron chi connectivity index (χ4n) is 3.56. The molecule has 2 amide bonds. The number of piperazine rings is 1. The first kappa shape index (κ1) is 20.3. The summed E-state index contributed by atoms with van der Waals surface area (Å²) >= 11 is 0. The summed E-state index contributed by atoms with van der Waals surface area (Å²) < 4.78 is 0. The summed E-state index contributed by atoms with van der Waals surface area (Å²) in [4.78, 5) is 21.6. The maximum absolute atomic E-state index is 12.8. The van der Waals surface area contributed by atoms with Crippen LogP contribution in [0.15, 0.2) is 42.6 Å². The van der Waals surface area contributed by atoms with E-state index in [2.05, 4.69) is 54.2 Å². The van der Waals surface area contributed by atoms with E-state index in [0.29, 0.717) is 0 Å². The van der Waals surface area contributed by atoms with Gasteiger partial charge in [0.15, 0.2) is 0 Å². The Balaban J connectivity index is 1.62. The lowest BCUT2D eigenvalue weighted by Gasteiger charge is -2.43. The molecular weight excluding hydrogens is 348 g/mol. The zero-order chi connectivity index (χ0) is 20.1. The number of pyridine rings is 1. The average molecular weight is 381 g/mol. The molecule has 1 N–H and O–H groups in total. The molecule has 1 fully saturated rings. The molecule has 28 heavy (non-hydrogen) atoms. The predicted molar refractivity (Wildman–Crippen MR) is 115 cm³/mol. The maximum atomic E-state index is 12.8. The normalized spacial score (nSPS) is 15.5. The minimum atomic E-state index is -0.00737. The topological polar surface area (TPSA) is 48.5 Å². The molecule has 0 bridgehead atoms. The van der Waals surface area contributed by atoms with E-state index in [9.17, 15) is 4.79 Å². The van der Waals surface area contributed by atoms with Crippen molar-refractivity contribution < 1.29 is 4.79 Å². The summed E-state index contributed by atoms with van der Waals surface area (Å²) in [7, 11) is 0. The monoisotopic (exact) mass is 380 g/mol. The fraction of sp³-hybridized carbons (Fsp3) is 0.478. The molecule has 0 aliphatic carbocycles. The number of hydrogen-bond acceptors (Lipinski definition) is 3. The van der Waals surface area contributed by atoms with Gasteiger partial charge >= 0.3 is 6.03 Å². The molecule has 1 aromatic carbocycles. The number of nitrogens with one attached hydrogen (secondary N) is 1. The van der Waals surface area contributed by atoms with Crippen molar-refractivity contribution >= 4 is 11.7 Å². The van der Waals surface area contributed by atoms with E-state index in [1.165, 1.54) is 0 Å². The van der Waals surface area contributed by atoms with Gasteiger partial charge in [0.1, 0.15) is 0 Å². The van der Waals surface area contributed by atoms with Gasteiger partial charge in [0.25, 0.3) is 0 Å². The van der Waals surface area contributed by atoms with Crippen molar-refractivity contribution in [2.75, 3.05) is 31.5 Å². The van der Waals surface area contributed by atoms with Crippen LogP contribution in [0.2, 0.25) is 0 Å². The molecule has 2 heterocycles. The lowest BCUT2D eigenvalue weighted by atomic mass is 9.98. The number of anilines is 1. The van der Waals surface area contributed by atoms with Gasteiger partial charge in [0.2, 0.25) is 0 Å². The van der Waals surface area contributed by atoms with Crippen LogP contribution in [0.25, 0.3) is 0 Å². The fourth-order valence-corrected chi connectivity index (χ4v) is 3.56. The van der Waals surface area contributed by atoms with E-state index in [-0.39, 0.29) is 11.6 Å². The standard InChI is InChI=1S/C23H32N4O/c1-5-23(3,4)27-14-12-26(13-15-27)22(28)25-21-17-19(10-9-18(21)2)16-20-8-6-7-11-24-20/h6-11,17H,5,12-16H2,1-4H3,(H,25,28). The summed E-state index contributed by atoms with van der Waals surface area (Å²) in [6.07, 6.45) is 3.68. The van der Waals surface area contributed by atoms with Crippen LogP contribution in [-0.2, 0) is 6.42 Å². The largest absolute Gasteiger partial charge is 0.322 e. The molecule has 150 valence electrons. The lowest BCUT2D eigenvalue weighted by Crippen LogP contribution is -2.56. The van der Waals surface area contributed by atoms with Crippen LogP contribution < -0.4 is 5.32 Å². The van der Waals surface area contributed by atoms with Crippen molar-refractivity contribution in [1.82, 2.24) is 14.8 Å². The molecule has 0 unspecified atom stereocenters. The number of carbonyl (C=O) groups is 1. The van der Waals surface area contributed by atoms with Gasteiger partial charge in [-0.1, -0.05) is 25.1 Å². The minimum Gasteiger partial charge on any atom is -0.322 e. The number of aromatic nitrogens is 1. The Bertz CT molecular complexity index is 796. The second-order valence-electron chi connectivity index (χ2n) is 8.22. The molecule has 5 heteroatoms. The molecule has 1 aromatic heterocycles. The quantitative estimate of drug-likeness (QED) is 0.840. The van der Waals surface area contributed by atoms with E-state index < -0.39 is 0 Å². The SMILES string of the molecule is CCC(C)(C)N1CCN(C(=O)Nc2cc(Cc3ccccn3)ccc2C)CC1. The summed E-state index contributed by atoms with van der Waals surface area (Å²) in [5, 5.41) is 3.12. The molecule has 5 nitrogen and oxygen atoms in total. The van der Waals surface area contributed by atoms with Crippen LogP contribution in [0.1, 0.15) is 44.0 Å². The summed E-state index contributed by atoms with van der Waals surface area (Å²) in [6.45, 7) is 12.2. The first-order chi connectivity index (χ1) is 13.4. The Morgan fingerprint density at radius 2 is 1.89 bits per heavy atom. The van der Waals surface area contributed by atoms with E-state index in [1.807, 2.05) is 36.2 Å². The number of urea groups is 1. The highest BCUT2D eigenvalue weighted by Gasteiger charge is 2.29. The molecule has 0 spiro atoms. The Morgan fingerprint density at radius 1 is 1.14 bits per heavy atom. The Hall–Kier alpha value is -2.40. The van der Waals surface area contributed by atoms with Crippen molar-refractivity contribution in [3.05, 3.63) is 59.4 Å². The predicted octanol–water partition coefficient (Wildman–Crippen LogP) is 4.32. The highest BCUT2D eigenvalue weighted by Crippen LogP contribution is 2.22. The van der Waals surface area contributed by atoms with Crippen molar-refractivity contribution in [1.29, 1.82) is 0 Å². The van der Waals surface area contributed by atoms with Crippen LogP contribution in [-0.4, -0.2) is 52.5 Å². The summed E-state index contributed by atoms with van der Waals surface area (Å²) in [6, 6.07) is 12.2. The van der Waals surface area contributed by atoms with Gasteiger partial charge in [0.05, 0.1) is 0 Å². The first-order valence-electron chi connectivity index (χ1n) is 10.2. The average Bonchev–Trinajstić information content (AvgIpc) is 2.71. The third-order valence-corrected chi connectivity index (χ3v) is 5.94. The molecular formula is C23H32N4O. The van der Waals surface area contributed by atoms with Crippen molar-refractivity contribution in [3.63, 3.8) is 0 Å². The number of rotatable bonds is 5. The summed E-state index contributed by atoms with van der Waals surface area (Å²) in [5.74, 6) is 0. The van der Waals surface area contributed by atoms with Gasteiger partial charge in [-0.15, -0.1) is 0 Å². The Morgan fingerprint density at radius 3 is 2.54 bits per heavy atom. The number of hydrogen-bond donors (Lipinski definition) is 1. The molecule has 0 saturated carbocycles. The van der Waals surface area contributed by atoms with Crippen LogP contribution in [0.3, 0.4) is 0 Å². The molecule has 1 saturated heterocycles. The van der Waals surface area contributed by atoms with E-state index in [1.54, 1.807) is 0 Å². The van der Waals surface area contributed by atoms with Gasteiger partial charge < -0.3 is 10.2 Å².